The molecule has 0 atom stereocenters. The third kappa shape index (κ3) is 3.41. The van der Waals surface area contributed by atoms with Crippen molar-refractivity contribution in [1.82, 2.24) is 0 Å². The zero-order valence-electron chi connectivity index (χ0n) is 16.0. The second kappa shape index (κ2) is 7.39. The lowest BCUT2D eigenvalue weighted by atomic mass is 9.94. The molecule has 4 rings (SSSR count). The van der Waals surface area contributed by atoms with Gasteiger partial charge in [-0.05, 0) is 41.1 Å². The molecule has 4 aromatic carbocycles. The van der Waals surface area contributed by atoms with Crippen LogP contribution in [-0.4, -0.2) is 27.2 Å². The summed E-state index contributed by atoms with van der Waals surface area (Å²) in [6.45, 7) is 0. The molecular weight excluding hydrogens is 388 g/mol. The summed E-state index contributed by atoms with van der Waals surface area (Å²) in [5, 5.41) is 3.18. The molecule has 0 aliphatic carbocycles. The molecule has 0 aliphatic rings. The maximum Gasteiger partial charge on any atom is 0.295 e. The van der Waals surface area contributed by atoms with E-state index in [1.54, 1.807) is 32.4 Å². The molecule has 0 aliphatic heterocycles. The Kier molecular flexibility index (Phi) is 4.90. The summed E-state index contributed by atoms with van der Waals surface area (Å²) in [4.78, 5) is -0.130. The van der Waals surface area contributed by atoms with Gasteiger partial charge in [0.05, 0.1) is 14.2 Å². The summed E-state index contributed by atoms with van der Waals surface area (Å²) in [5.41, 5.74) is 1.98. The molecule has 148 valence electrons. The molecule has 0 spiro atoms. The lowest BCUT2D eigenvalue weighted by Crippen LogP contribution is -2.02. The van der Waals surface area contributed by atoms with Crippen LogP contribution in [-0.2, 0) is 16.5 Å². The summed E-state index contributed by atoms with van der Waals surface area (Å²) in [6.07, 6.45) is 0.563. The molecule has 4 aromatic rings. The quantitative estimate of drug-likeness (QED) is 0.478. The first-order chi connectivity index (χ1) is 13.9. The zero-order valence-corrected chi connectivity index (χ0v) is 16.9. The molecule has 0 radical (unpaired) electrons. The number of fused-ring (bicyclic) bond motifs is 2. The van der Waals surface area contributed by atoms with E-state index in [-0.39, 0.29) is 4.90 Å². The third-order valence-electron chi connectivity index (χ3n) is 5.12. The van der Waals surface area contributed by atoms with Gasteiger partial charge in [-0.15, -0.1) is 0 Å². The molecule has 0 bridgehead atoms. The molecule has 0 heterocycles. The van der Waals surface area contributed by atoms with Gasteiger partial charge in [0.1, 0.15) is 16.4 Å². The standard InChI is InChI=1S/C23H20O5S/c1-27-20-11-5-8-17-15(6-3-9-18(17)20)14-16-7-4-10-19-22(29(24,25)26)13-12-21(28-2)23(16)19/h3-13H,14H2,1-2H3,(H,24,25,26). The number of methoxy groups -OCH3 is 2. The van der Waals surface area contributed by atoms with E-state index in [1.165, 1.54) is 6.07 Å². The molecule has 29 heavy (non-hydrogen) atoms. The second-order valence-corrected chi connectivity index (χ2v) is 8.12. The average Bonchev–Trinajstić information content (AvgIpc) is 2.72. The van der Waals surface area contributed by atoms with Gasteiger partial charge >= 0.3 is 0 Å². The number of ether oxygens (including phenoxy) is 2. The van der Waals surface area contributed by atoms with Crippen molar-refractivity contribution in [2.24, 2.45) is 0 Å². The molecule has 0 unspecified atom stereocenters. The van der Waals surface area contributed by atoms with Crippen LogP contribution in [0.3, 0.4) is 0 Å². The highest BCUT2D eigenvalue weighted by Crippen LogP contribution is 2.36. The van der Waals surface area contributed by atoms with Crippen LogP contribution in [0.5, 0.6) is 11.5 Å². The van der Waals surface area contributed by atoms with Gasteiger partial charge < -0.3 is 9.47 Å². The largest absolute Gasteiger partial charge is 0.496 e. The van der Waals surface area contributed by atoms with Gasteiger partial charge in [-0.25, -0.2) is 0 Å². The zero-order chi connectivity index (χ0) is 20.6. The van der Waals surface area contributed by atoms with Crippen molar-refractivity contribution < 1.29 is 22.4 Å². The number of hydrogen-bond acceptors (Lipinski definition) is 4. The first-order valence-corrected chi connectivity index (χ1v) is 10.5. The smallest absolute Gasteiger partial charge is 0.295 e. The topological polar surface area (TPSA) is 72.8 Å². The van der Waals surface area contributed by atoms with Gasteiger partial charge in [-0.2, -0.15) is 8.42 Å². The van der Waals surface area contributed by atoms with E-state index in [4.69, 9.17) is 9.47 Å². The van der Waals surface area contributed by atoms with Crippen LogP contribution in [0.1, 0.15) is 11.1 Å². The highest BCUT2D eigenvalue weighted by Gasteiger charge is 2.19. The van der Waals surface area contributed by atoms with Crippen molar-refractivity contribution in [2.45, 2.75) is 11.3 Å². The van der Waals surface area contributed by atoms with Crippen molar-refractivity contribution in [3.63, 3.8) is 0 Å². The second-order valence-electron chi connectivity index (χ2n) is 6.73. The SMILES string of the molecule is COc1cccc2c(Cc3cccc4c(S(=O)(=O)O)ccc(OC)c34)cccc12. The summed E-state index contributed by atoms with van der Waals surface area (Å²) < 4.78 is 44.4. The first kappa shape index (κ1) is 19.2. The molecule has 6 heteroatoms. The first-order valence-electron chi connectivity index (χ1n) is 9.04. The van der Waals surface area contributed by atoms with Gasteiger partial charge in [-0.3, -0.25) is 4.55 Å². The molecule has 5 nitrogen and oxygen atoms in total. The van der Waals surface area contributed by atoms with Gasteiger partial charge in [0.2, 0.25) is 0 Å². The monoisotopic (exact) mass is 408 g/mol. The van der Waals surface area contributed by atoms with Crippen LogP contribution in [0, 0.1) is 0 Å². The van der Waals surface area contributed by atoms with Gasteiger partial charge in [-0.1, -0.05) is 48.5 Å². The molecule has 0 aromatic heterocycles. The fourth-order valence-corrected chi connectivity index (χ4v) is 4.53. The molecular formula is C23H20O5S. The van der Waals surface area contributed by atoms with Crippen molar-refractivity contribution in [1.29, 1.82) is 0 Å². The van der Waals surface area contributed by atoms with Crippen molar-refractivity contribution >= 4 is 31.7 Å². The van der Waals surface area contributed by atoms with Gasteiger partial charge in [0, 0.05) is 16.2 Å². The Labute approximate surface area is 169 Å². The maximum atomic E-state index is 11.9. The van der Waals surface area contributed by atoms with E-state index in [0.717, 1.165) is 27.6 Å². The van der Waals surface area contributed by atoms with Crippen molar-refractivity contribution in [3.8, 4) is 11.5 Å². The Morgan fingerprint density at radius 3 is 2.03 bits per heavy atom. The average molecular weight is 408 g/mol. The van der Waals surface area contributed by atoms with Crippen molar-refractivity contribution in [2.75, 3.05) is 14.2 Å². The molecule has 0 saturated carbocycles. The lowest BCUT2D eigenvalue weighted by Gasteiger charge is -2.15. The molecule has 1 N–H and O–H groups in total. The van der Waals surface area contributed by atoms with E-state index >= 15 is 0 Å². The van der Waals surface area contributed by atoms with E-state index in [9.17, 15) is 13.0 Å². The predicted molar refractivity (Wildman–Crippen MR) is 114 cm³/mol. The van der Waals surface area contributed by atoms with E-state index < -0.39 is 10.1 Å². The number of benzene rings is 4. The van der Waals surface area contributed by atoms with Crippen LogP contribution in [0.4, 0.5) is 0 Å². The fraction of sp³-hybridized carbons (Fsp3) is 0.130. The van der Waals surface area contributed by atoms with E-state index in [1.807, 2.05) is 42.5 Å². The highest BCUT2D eigenvalue weighted by atomic mass is 32.2. The van der Waals surface area contributed by atoms with E-state index in [0.29, 0.717) is 22.9 Å². The summed E-state index contributed by atoms with van der Waals surface area (Å²) >= 11 is 0. The van der Waals surface area contributed by atoms with Crippen LogP contribution >= 0.6 is 0 Å². The molecule has 0 saturated heterocycles. The minimum atomic E-state index is -4.36. The highest BCUT2D eigenvalue weighted by molar-refractivity contribution is 7.86. The van der Waals surface area contributed by atoms with Crippen LogP contribution in [0.2, 0.25) is 0 Å². The molecule has 0 fully saturated rings. The van der Waals surface area contributed by atoms with Gasteiger partial charge in [0.25, 0.3) is 10.1 Å². The minimum absolute atomic E-state index is 0.130. The van der Waals surface area contributed by atoms with Gasteiger partial charge in [0.15, 0.2) is 0 Å². The Bertz CT molecular complexity index is 1330. The lowest BCUT2D eigenvalue weighted by molar-refractivity contribution is 0.419. The van der Waals surface area contributed by atoms with E-state index in [2.05, 4.69) is 0 Å². The third-order valence-corrected chi connectivity index (χ3v) is 6.03. The Morgan fingerprint density at radius 2 is 1.34 bits per heavy atom. The predicted octanol–water partition coefficient (Wildman–Crippen LogP) is 4.85. The van der Waals surface area contributed by atoms with Crippen molar-refractivity contribution in [3.05, 3.63) is 77.9 Å². The van der Waals surface area contributed by atoms with Crippen LogP contribution < -0.4 is 9.47 Å². The summed E-state index contributed by atoms with van der Waals surface area (Å²) in [5.74, 6) is 1.36. The fourth-order valence-electron chi connectivity index (χ4n) is 3.85. The minimum Gasteiger partial charge on any atom is -0.496 e. The Hall–Kier alpha value is -3.09. The van der Waals surface area contributed by atoms with Crippen LogP contribution in [0.15, 0.2) is 71.6 Å². The Morgan fingerprint density at radius 1 is 0.724 bits per heavy atom. The summed E-state index contributed by atoms with van der Waals surface area (Å²) in [7, 11) is -1.17. The molecule has 0 amide bonds. The normalized spacial score (nSPS) is 11.7. The van der Waals surface area contributed by atoms with Crippen LogP contribution in [0.25, 0.3) is 21.5 Å². The number of hydrogen-bond donors (Lipinski definition) is 1. The Balaban J connectivity index is 1.96. The summed E-state index contributed by atoms with van der Waals surface area (Å²) in [6, 6.07) is 20.3. The number of rotatable bonds is 5. The maximum absolute atomic E-state index is 11.9.